The number of rotatable bonds is 2. The van der Waals surface area contributed by atoms with Crippen LogP contribution in [0.4, 0.5) is 13.2 Å². The molecule has 2 fully saturated rings. The summed E-state index contributed by atoms with van der Waals surface area (Å²) in [6.07, 6.45) is 3.81. The molecule has 0 saturated heterocycles. The molecule has 2 aliphatic carbocycles. The van der Waals surface area contributed by atoms with E-state index in [4.69, 9.17) is 0 Å². The van der Waals surface area contributed by atoms with Gasteiger partial charge in [0, 0.05) is 0 Å². The lowest BCUT2D eigenvalue weighted by Gasteiger charge is -2.41. The highest BCUT2D eigenvalue weighted by atomic mass is 19.4. The fourth-order valence-corrected chi connectivity index (χ4v) is 5.23. The van der Waals surface area contributed by atoms with Gasteiger partial charge in [0.1, 0.15) is 0 Å². The van der Waals surface area contributed by atoms with E-state index in [0.717, 1.165) is 41.0 Å². The first-order valence-electron chi connectivity index (χ1n) is 10.2. The molecule has 0 radical (unpaired) electrons. The van der Waals surface area contributed by atoms with E-state index in [0.29, 0.717) is 5.92 Å². The molecule has 4 unspecified atom stereocenters. The maximum absolute atomic E-state index is 12.7. The molecule has 27 heavy (non-hydrogen) atoms. The normalized spacial score (nSPS) is 28.6. The molecule has 0 spiro atoms. The molecule has 0 bridgehead atoms. The van der Waals surface area contributed by atoms with Crippen LogP contribution in [0, 0.1) is 17.8 Å². The summed E-state index contributed by atoms with van der Waals surface area (Å²) in [6, 6.07) is 13.9. The van der Waals surface area contributed by atoms with E-state index >= 15 is 0 Å². The highest BCUT2D eigenvalue weighted by Gasteiger charge is 2.34. The number of fused-ring (bicyclic) bond motifs is 1. The van der Waals surface area contributed by atoms with Crippen LogP contribution < -0.4 is 0 Å². The monoisotopic (exact) mass is 372 g/mol. The summed E-state index contributed by atoms with van der Waals surface area (Å²) in [5.41, 5.74) is 2.61. The van der Waals surface area contributed by atoms with Crippen LogP contribution in [0.15, 0.2) is 48.5 Å². The van der Waals surface area contributed by atoms with Gasteiger partial charge >= 0.3 is 6.18 Å². The van der Waals surface area contributed by atoms with Gasteiger partial charge in [-0.05, 0) is 84.6 Å². The van der Waals surface area contributed by atoms with Crippen molar-refractivity contribution in [3.63, 3.8) is 0 Å². The molecule has 0 aliphatic heterocycles. The Morgan fingerprint density at radius 1 is 0.704 bits per heavy atom. The predicted octanol–water partition coefficient (Wildman–Crippen LogP) is 7.69. The van der Waals surface area contributed by atoms with Gasteiger partial charge in [0.15, 0.2) is 0 Å². The van der Waals surface area contributed by atoms with E-state index in [2.05, 4.69) is 31.2 Å². The van der Waals surface area contributed by atoms with Crippen LogP contribution in [0.25, 0.3) is 11.1 Å². The average molecular weight is 372 g/mol. The largest absolute Gasteiger partial charge is 0.416 e. The zero-order valence-electron chi connectivity index (χ0n) is 15.8. The summed E-state index contributed by atoms with van der Waals surface area (Å²) in [6.45, 7) is 2.39. The quantitative estimate of drug-likeness (QED) is 0.507. The minimum Gasteiger partial charge on any atom is -0.166 e. The third-order valence-corrected chi connectivity index (χ3v) is 6.80. The van der Waals surface area contributed by atoms with Crippen LogP contribution >= 0.6 is 0 Å². The van der Waals surface area contributed by atoms with Crippen LogP contribution in [0.1, 0.15) is 62.5 Å². The van der Waals surface area contributed by atoms with Crippen LogP contribution in [0.2, 0.25) is 0 Å². The molecule has 0 heterocycles. The standard InChI is InChI=1S/C24H27F3/c1-16-2-3-22-15-21(9-8-20(22)14-16)19-6-4-17(5-7-19)18-10-12-23(13-11-18)24(25,26)27/h4-7,10-13,16,20-22H,2-3,8-9,14-15H2,1H3. The Morgan fingerprint density at radius 2 is 1.26 bits per heavy atom. The second kappa shape index (κ2) is 7.33. The van der Waals surface area contributed by atoms with E-state index in [9.17, 15) is 13.2 Å². The SMILES string of the molecule is CC1CCC2CC(c3ccc(-c4ccc(C(F)(F)F)cc4)cc3)CCC2C1. The van der Waals surface area contributed by atoms with Crippen molar-refractivity contribution < 1.29 is 13.2 Å². The number of alkyl halides is 3. The van der Waals surface area contributed by atoms with Crippen LogP contribution in [-0.4, -0.2) is 0 Å². The Bertz CT molecular complexity index is 758. The van der Waals surface area contributed by atoms with Crippen molar-refractivity contribution in [2.24, 2.45) is 17.8 Å². The molecule has 0 amide bonds. The van der Waals surface area contributed by atoms with Crippen LogP contribution in [0.5, 0.6) is 0 Å². The summed E-state index contributed by atoms with van der Waals surface area (Å²) >= 11 is 0. The van der Waals surface area contributed by atoms with Gasteiger partial charge in [0.05, 0.1) is 5.56 Å². The van der Waals surface area contributed by atoms with Crippen molar-refractivity contribution in [3.8, 4) is 11.1 Å². The molecule has 0 N–H and O–H groups in total. The fraction of sp³-hybridized carbons (Fsp3) is 0.500. The minimum atomic E-state index is -4.28. The summed E-state index contributed by atoms with van der Waals surface area (Å²) in [5, 5.41) is 0. The highest BCUT2D eigenvalue weighted by Crippen LogP contribution is 2.47. The first-order chi connectivity index (χ1) is 12.9. The van der Waals surface area contributed by atoms with E-state index in [1.165, 1.54) is 44.1 Å². The minimum absolute atomic E-state index is 0.596. The molecule has 144 valence electrons. The van der Waals surface area contributed by atoms with E-state index in [1.807, 2.05) is 0 Å². The fourth-order valence-electron chi connectivity index (χ4n) is 5.23. The van der Waals surface area contributed by atoms with Gasteiger partial charge in [0.25, 0.3) is 0 Å². The molecule has 0 aromatic heterocycles. The molecule has 2 aliphatic rings. The van der Waals surface area contributed by atoms with E-state index < -0.39 is 11.7 Å². The van der Waals surface area contributed by atoms with Gasteiger partial charge in [-0.3, -0.25) is 0 Å². The molecule has 2 aromatic carbocycles. The number of hydrogen-bond acceptors (Lipinski definition) is 0. The number of halogens is 3. The Labute approximate surface area is 159 Å². The second-order valence-electron chi connectivity index (χ2n) is 8.65. The number of benzene rings is 2. The van der Waals surface area contributed by atoms with Crippen molar-refractivity contribution in [1.29, 1.82) is 0 Å². The Kier molecular flexibility index (Phi) is 5.05. The molecule has 4 rings (SSSR count). The Morgan fingerprint density at radius 3 is 1.89 bits per heavy atom. The summed E-state index contributed by atoms with van der Waals surface area (Å²) < 4.78 is 38.2. The molecule has 4 atom stereocenters. The van der Waals surface area contributed by atoms with Crippen LogP contribution in [-0.2, 0) is 6.18 Å². The van der Waals surface area contributed by atoms with Crippen molar-refractivity contribution >= 4 is 0 Å². The average Bonchev–Trinajstić information content (AvgIpc) is 2.67. The molecule has 2 saturated carbocycles. The molecule has 2 aromatic rings. The maximum atomic E-state index is 12.7. The Balaban J connectivity index is 1.45. The van der Waals surface area contributed by atoms with E-state index in [1.54, 1.807) is 12.1 Å². The van der Waals surface area contributed by atoms with Crippen molar-refractivity contribution in [2.45, 2.75) is 57.5 Å². The predicted molar refractivity (Wildman–Crippen MR) is 103 cm³/mol. The zero-order valence-corrected chi connectivity index (χ0v) is 15.8. The van der Waals surface area contributed by atoms with Crippen molar-refractivity contribution in [2.75, 3.05) is 0 Å². The third-order valence-electron chi connectivity index (χ3n) is 6.80. The first kappa shape index (κ1) is 18.6. The second-order valence-corrected chi connectivity index (χ2v) is 8.65. The lowest BCUT2D eigenvalue weighted by Crippen LogP contribution is -2.29. The molecular formula is C24H27F3. The summed E-state index contributed by atoms with van der Waals surface area (Å²) in [7, 11) is 0. The molecular weight excluding hydrogens is 345 g/mol. The van der Waals surface area contributed by atoms with Crippen molar-refractivity contribution in [1.82, 2.24) is 0 Å². The highest BCUT2D eigenvalue weighted by molar-refractivity contribution is 5.64. The summed E-state index contributed by atoms with van der Waals surface area (Å²) in [4.78, 5) is 0. The van der Waals surface area contributed by atoms with Gasteiger partial charge in [-0.25, -0.2) is 0 Å². The lowest BCUT2D eigenvalue weighted by atomic mass is 9.64. The smallest absolute Gasteiger partial charge is 0.166 e. The van der Waals surface area contributed by atoms with Crippen LogP contribution in [0.3, 0.4) is 0 Å². The number of hydrogen-bond donors (Lipinski definition) is 0. The Hall–Kier alpha value is -1.77. The van der Waals surface area contributed by atoms with Gasteiger partial charge in [-0.15, -0.1) is 0 Å². The topological polar surface area (TPSA) is 0 Å². The molecule has 0 nitrogen and oxygen atoms in total. The molecule has 3 heteroatoms. The van der Waals surface area contributed by atoms with Gasteiger partial charge in [-0.1, -0.05) is 49.7 Å². The first-order valence-corrected chi connectivity index (χ1v) is 10.2. The maximum Gasteiger partial charge on any atom is 0.416 e. The lowest BCUT2D eigenvalue weighted by molar-refractivity contribution is -0.137. The van der Waals surface area contributed by atoms with E-state index in [-0.39, 0.29) is 0 Å². The zero-order chi connectivity index (χ0) is 19.0. The summed E-state index contributed by atoms with van der Waals surface area (Å²) in [5.74, 6) is 3.35. The van der Waals surface area contributed by atoms with Crippen molar-refractivity contribution in [3.05, 3.63) is 59.7 Å². The van der Waals surface area contributed by atoms with Gasteiger partial charge in [0.2, 0.25) is 0 Å². The van der Waals surface area contributed by atoms with Gasteiger partial charge < -0.3 is 0 Å². The third kappa shape index (κ3) is 4.07. The van der Waals surface area contributed by atoms with Gasteiger partial charge in [-0.2, -0.15) is 13.2 Å².